The van der Waals surface area contributed by atoms with Crippen molar-refractivity contribution in [3.05, 3.63) is 0 Å². The maximum absolute atomic E-state index is 3.59. The first-order chi connectivity index (χ1) is 9.56. The Kier molecular flexibility index (Phi) is 6.35. The van der Waals surface area contributed by atoms with Gasteiger partial charge in [0.15, 0.2) is 0 Å². The summed E-state index contributed by atoms with van der Waals surface area (Å²) < 4.78 is 0. The van der Waals surface area contributed by atoms with Gasteiger partial charge in [0, 0.05) is 11.6 Å². The van der Waals surface area contributed by atoms with Gasteiger partial charge in [0.1, 0.15) is 0 Å². The highest BCUT2D eigenvalue weighted by molar-refractivity contribution is 4.87. The van der Waals surface area contributed by atoms with Crippen LogP contribution in [0.3, 0.4) is 0 Å². The Labute approximate surface area is 126 Å². The predicted molar refractivity (Wildman–Crippen MR) is 88.2 cm³/mol. The molecule has 1 aliphatic heterocycles. The van der Waals surface area contributed by atoms with Gasteiger partial charge in [-0.15, -0.1) is 0 Å². The Morgan fingerprint density at radius 3 is 2.40 bits per heavy atom. The molecule has 2 rings (SSSR count). The van der Waals surface area contributed by atoms with E-state index in [0.29, 0.717) is 0 Å². The molecule has 0 aromatic carbocycles. The van der Waals surface area contributed by atoms with Gasteiger partial charge in [-0.05, 0) is 84.8 Å². The van der Waals surface area contributed by atoms with Crippen LogP contribution in [0.5, 0.6) is 0 Å². The third-order valence-electron chi connectivity index (χ3n) is 5.14. The highest BCUT2D eigenvalue weighted by atomic mass is 15.2. The fraction of sp³-hybridized carbons (Fsp3) is 1.00. The van der Waals surface area contributed by atoms with Crippen LogP contribution in [0, 0.1) is 5.92 Å². The number of nitrogens with zero attached hydrogens (tertiary/aromatic N) is 1. The van der Waals surface area contributed by atoms with Crippen LogP contribution in [0.1, 0.15) is 78.6 Å². The Bertz CT molecular complexity index is 263. The van der Waals surface area contributed by atoms with Crippen LogP contribution in [-0.2, 0) is 0 Å². The number of nitrogens with one attached hydrogen (secondary N) is 1. The van der Waals surface area contributed by atoms with Gasteiger partial charge in [0.05, 0.1) is 0 Å². The fourth-order valence-corrected chi connectivity index (χ4v) is 4.09. The summed E-state index contributed by atoms with van der Waals surface area (Å²) in [5.74, 6) is 1.04. The van der Waals surface area contributed by atoms with Gasteiger partial charge in [-0.3, -0.25) is 0 Å². The van der Waals surface area contributed by atoms with Crippen LogP contribution >= 0.6 is 0 Å². The van der Waals surface area contributed by atoms with Crippen LogP contribution in [0.2, 0.25) is 0 Å². The van der Waals surface area contributed by atoms with Crippen molar-refractivity contribution in [2.45, 2.75) is 90.1 Å². The minimum absolute atomic E-state index is 0.280. The van der Waals surface area contributed by atoms with E-state index in [9.17, 15) is 0 Å². The molecule has 2 heteroatoms. The molecule has 20 heavy (non-hydrogen) atoms. The van der Waals surface area contributed by atoms with Crippen molar-refractivity contribution in [1.82, 2.24) is 10.2 Å². The van der Waals surface area contributed by atoms with E-state index < -0.39 is 0 Å². The molecule has 1 unspecified atom stereocenters. The third-order valence-corrected chi connectivity index (χ3v) is 5.14. The number of hydrogen-bond donors (Lipinski definition) is 1. The first-order valence-corrected chi connectivity index (χ1v) is 9.05. The molecule has 0 bridgehead atoms. The summed E-state index contributed by atoms with van der Waals surface area (Å²) in [5, 5.41) is 3.59. The standard InChI is InChI=1S/C18H36N2/c1-18(2,3)19-13-7-4-8-14-20-15-9-12-17(20)16-10-5-6-11-16/h16-17,19H,4-15H2,1-3H3. The van der Waals surface area contributed by atoms with E-state index in [2.05, 4.69) is 31.0 Å². The smallest absolute Gasteiger partial charge is 0.0124 e. The lowest BCUT2D eigenvalue weighted by molar-refractivity contribution is 0.187. The first kappa shape index (κ1) is 16.3. The van der Waals surface area contributed by atoms with Gasteiger partial charge in [0.2, 0.25) is 0 Å². The Morgan fingerprint density at radius 1 is 0.950 bits per heavy atom. The molecule has 2 aliphatic rings. The minimum atomic E-state index is 0.280. The van der Waals surface area contributed by atoms with E-state index in [1.54, 1.807) is 0 Å². The molecule has 0 spiro atoms. The zero-order valence-electron chi connectivity index (χ0n) is 14.1. The zero-order valence-corrected chi connectivity index (χ0v) is 14.1. The predicted octanol–water partition coefficient (Wildman–Crippen LogP) is 4.20. The fourth-order valence-electron chi connectivity index (χ4n) is 4.09. The van der Waals surface area contributed by atoms with Gasteiger partial charge in [0.25, 0.3) is 0 Å². The molecule has 0 aromatic rings. The van der Waals surface area contributed by atoms with E-state index in [-0.39, 0.29) is 5.54 Å². The maximum atomic E-state index is 3.59. The molecule has 0 aromatic heterocycles. The Morgan fingerprint density at radius 2 is 1.70 bits per heavy atom. The molecule has 1 saturated heterocycles. The first-order valence-electron chi connectivity index (χ1n) is 9.05. The van der Waals surface area contributed by atoms with Crippen molar-refractivity contribution in [1.29, 1.82) is 0 Å². The van der Waals surface area contributed by atoms with Crippen molar-refractivity contribution >= 4 is 0 Å². The summed E-state index contributed by atoms with van der Waals surface area (Å²) in [7, 11) is 0. The van der Waals surface area contributed by atoms with Gasteiger partial charge in [-0.1, -0.05) is 19.3 Å². The van der Waals surface area contributed by atoms with E-state index >= 15 is 0 Å². The lowest BCUT2D eigenvalue weighted by Gasteiger charge is -2.29. The van der Waals surface area contributed by atoms with E-state index in [1.807, 2.05) is 0 Å². The number of unbranched alkanes of at least 4 members (excludes halogenated alkanes) is 2. The summed E-state index contributed by atoms with van der Waals surface area (Å²) in [4.78, 5) is 2.83. The molecule has 2 fully saturated rings. The topological polar surface area (TPSA) is 15.3 Å². The van der Waals surface area contributed by atoms with Crippen LogP contribution in [-0.4, -0.2) is 36.1 Å². The van der Waals surface area contributed by atoms with Gasteiger partial charge in [-0.25, -0.2) is 0 Å². The van der Waals surface area contributed by atoms with Crippen LogP contribution in [0.15, 0.2) is 0 Å². The summed E-state index contributed by atoms with van der Waals surface area (Å²) in [5.41, 5.74) is 0.280. The summed E-state index contributed by atoms with van der Waals surface area (Å²) >= 11 is 0. The summed E-state index contributed by atoms with van der Waals surface area (Å²) in [6, 6.07) is 0.949. The highest BCUT2D eigenvalue weighted by Gasteiger charge is 2.32. The molecule has 1 heterocycles. The monoisotopic (exact) mass is 280 g/mol. The largest absolute Gasteiger partial charge is 0.312 e. The van der Waals surface area contributed by atoms with Crippen molar-refractivity contribution in [2.24, 2.45) is 5.92 Å². The highest BCUT2D eigenvalue weighted by Crippen LogP contribution is 2.35. The Hall–Kier alpha value is -0.0800. The molecule has 0 radical (unpaired) electrons. The second-order valence-electron chi connectivity index (χ2n) is 8.03. The Balaban J connectivity index is 1.56. The van der Waals surface area contributed by atoms with Crippen molar-refractivity contribution in [3.8, 4) is 0 Å². The molecule has 0 amide bonds. The minimum Gasteiger partial charge on any atom is -0.312 e. The molecule has 118 valence electrons. The molecule has 1 N–H and O–H groups in total. The summed E-state index contributed by atoms with van der Waals surface area (Å²) in [6.07, 6.45) is 13.1. The van der Waals surface area contributed by atoms with Gasteiger partial charge >= 0.3 is 0 Å². The molecule has 1 saturated carbocycles. The maximum Gasteiger partial charge on any atom is 0.0124 e. The quantitative estimate of drug-likeness (QED) is 0.703. The average Bonchev–Trinajstić information content (AvgIpc) is 3.02. The van der Waals surface area contributed by atoms with Gasteiger partial charge in [-0.2, -0.15) is 0 Å². The summed E-state index contributed by atoms with van der Waals surface area (Å²) in [6.45, 7) is 10.7. The normalized spacial score (nSPS) is 25.6. The molecular formula is C18H36N2. The van der Waals surface area contributed by atoms with E-state index in [0.717, 1.165) is 12.0 Å². The lowest BCUT2D eigenvalue weighted by atomic mass is 9.96. The average molecular weight is 280 g/mol. The van der Waals surface area contributed by atoms with Crippen molar-refractivity contribution in [2.75, 3.05) is 19.6 Å². The molecule has 2 nitrogen and oxygen atoms in total. The van der Waals surface area contributed by atoms with E-state index in [4.69, 9.17) is 0 Å². The zero-order chi connectivity index (χ0) is 14.4. The second kappa shape index (κ2) is 7.79. The number of hydrogen-bond acceptors (Lipinski definition) is 2. The van der Waals surface area contributed by atoms with Crippen LogP contribution in [0.4, 0.5) is 0 Å². The van der Waals surface area contributed by atoms with Crippen molar-refractivity contribution in [3.63, 3.8) is 0 Å². The van der Waals surface area contributed by atoms with E-state index in [1.165, 1.54) is 77.4 Å². The van der Waals surface area contributed by atoms with Crippen molar-refractivity contribution < 1.29 is 0 Å². The third kappa shape index (κ3) is 5.37. The lowest BCUT2D eigenvalue weighted by Crippen LogP contribution is -2.36. The SMILES string of the molecule is CC(C)(C)NCCCCCN1CCCC1C1CCCC1. The molecule has 1 aliphatic carbocycles. The number of likely N-dealkylation sites (tertiary alicyclic amines) is 1. The second-order valence-corrected chi connectivity index (χ2v) is 8.03. The number of rotatable bonds is 7. The van der Waals surface area contributed by atoms with Gasteiger partial charge < -0.3 is 10.2 Å². The molecular weight excluding hydrogens is 244 g/mol. The molecule has 1 atom stereocenters. The van der Waals surface area contributed by atoms with Crippen LogP contribution in [0.25, 0.3) is 0 Å². The van der Waals surface area contributed by atoms with Crippen LogP contribution < -0.4 is 5.32 Å².